The third kappa shape index (κ3) is 1.86. The molecule has 98 valence electrons. The Kier molecular flexibility index (Phi) is 2.37. The van der Waals surface area contributed by atoms with Gasteiger partial charge in [0.25, 0.3) is 11.3 Å². The van der Waals surface area contributed by atoms with Crippen LogP contribution in [0.2, 0.25) is 0 Å². The number of nitrogens with zero attached hydrogens (tertiary/aromatic N) is 4. The SMILES string of the molecule is Cc1cc(Cc2c(C)nc3nc(N)[nH]n3c2=O)no1. The van der Waals surface area contributed by atoms with Crippen molar-refractivity contribution < 1.29 is 4.52 Å². The lowest BCUT2D eigenvalue weighted by atomic mass is 10.1. The average molecular weight is 260 g/mol. The minimum absolute atomic E-state index is 0.151. The first-order valence-electron chi connectivity index (χ1n) is 5.70. The van der Waals surface area contributed by atoms with Crippen molar-refractivity contribution in [2.24, 2.45) is 0 Å². The van der Waals surface area contributed by atoms with E-state index in [1.807, 2.05) is 0 Å². The molecule has 0 unspecified atom stereocenters. The largest absolute Gasteiger partial charge is 0.368 e. The smallest absolute Gasteiger partial charge is 0.277 e. The van der Waals surface area contributed by atoms with E-state index in [4.69, 9.17) is 10.3 Å². The zero-order chi connectivity index (χ0) is 13.6. The molecule has 0 saturated carbocycles. The molecular weight excluding hydrogens is 248 g/mol. The Bertz CT molecular complexity index is 812. The standard InChI is InChI=1S/C11H12N6O2/c1-5-3-7(16-19-5)4-8-6(2)13-11-14-10(12)15-17(11)9(8)18/h3H,4H2,1-2H3,(H3,12,13,14,15). The summed E-state index contributed by atoms with van der Waals surface area (Å²) in [6.45, 7) is 3.56. The second-order valence-electron chi connectivity index (χ2n) is 4.33. The molecule has 0 fully saturated rings. The van der Waals surface area contributed by atoms with Gasteiger partial charge in [0, 0.05) is 18.1 Å². The van der Waals surface area contributed by atoms with Gasteiger partial charge in [-0.25, -0.2) is 4.98 Å². The molecule has 3 aromatic heterocycles. The Hall–Kier alpha value is -2.64. The normalized spacial score (nSPS) is 11.3. The molecule has 0 bridgehead atoms. The van der Waals surface area contributed by atoms with Gasteiger partial charge in [-0.05, 0) is 13.8 Å². The minimum atomic E-state index is -0.229. The van der Waals surface area contributed by atoms with Gasteiger partial charge in [0.05, 0.1) is 11.4 Å². The van der Waals surface area contributed by atoms with Crippen LogP contribution in [0.5, 0.6) is 0 Å². The molecule has 0 radical (unpaired) electrons. The van der Waals surface area contributed by atoms with Crippen LogP contribution in [0.25, 0.3) is 5.78 Å². The molecule has 0 amide bonds. The van der Waals surface area contributed by atoms with E-state index in [-0.39, 0.29) is 17.3 Å². The molecule has 3 heterocycles. The number of aromatic amines is 1. The van der Waals surface area contributed by atoms with Crippen molar-refractivity contribution in [3.63, 3.8) is 0 Å². The number of nitrogens with one attached hydrogen (secondary N) is 1. The maximum atomic E-state index is 12.3. The van der Waals surface area contributed by atoms with Gasteiger partial charge < -0.3 is 10.3 Å². The van der Waals surface area contributed by atoms with Crippen molar-refractivity contribution in [2.45, 2.75) is 20.3 Å². The van der Waals surface area contributed by atoms with Crippen LogP contribution in [0.3, 0.4) is 0 Å². The van der Waals surface area contributed by atoms with Crippen molar-refractivity contribution in [1.82, 2.24) is 24.7 Å². The molecule has 3 aromatic rings. The Morgan fingerprint density at radius 1 is 1.42 bits per heavy atom. The molecule has 0 aliphatic carbocycles. The predicted octanol–water partition coefficient (Wildman–Crippen LogP) is 0.195. The lowest BCUT2D eigenvalue weighted by molar-refractivity contribution is 0.391. The maximum Gasteiger partial charge on any atom is 0.277 e. The second kappa shape index (κ2) is 3.94. The van der Waals surface area contributed by atoms with Gasteiger partial charge in [-0.3, -0.25) is 9.89 Å². The van der Waals surface area contributed by atoms with E-state index in [2.05, 4.69) is 20.2 Å². The van der Waals surface area contributed by atoms with Crippen molar-refractivity contribution in [1.29, 1.82) is 0 Å². The van der Waals surface area contributed by atoms with E-state index >= 15 is 0 Å². The molecule has 8 nitrogen and oxygen atoms in total. The zero-order valence-corrected chi connectivity index (χ0v) is 10.5. The number of hydrogen-bond acceptors (Lipinski definition) is 6. The van der Waals surface area contributed by atoms with Crippen LogP contribution >= 0.6 is 0 Å². The van der Waals surface area contributed by atoms with Crippen molar-refractivity contribution >= 4 is 11.7 Å². The topological polar surface area (TPSA) is 115 Å². The first-order chi connectivity index (χ1) is 9.04. The number of rotatable bonds is 2. The molecule has 3 rings (SSSR count). The highest BCUT2D eigenvalue weighted by molar-refractivity contribution is 5.37. The number of H-pyrrole nitrogens is 1. The lowest BCUT2D eigenvalue weighted by Crippen LogP contribution is -2.22. The van der Waals surface area contributed by atoms with Gasteiger partial charge in [-0.2, -0.15) is 9.50 Å². The van der Waals surface area contributed by atoms with E-state index in [0.717, 1.165) is 0 Å². The van der Waals surface area contributed by atoms with E-state index in [1.165, 1.54) is 4.52 Å². The Morgan fingerprint density at radius 3 is 2.89 bits per heavy atom. The summed E-state index contributed by atoms with van der Waals surface area (Å²) in [4.78, 5) is 20.5. The Morgan fingerprint density at radius 2 is 2.21 bits per heavy atom. The molecule has 3 N–H and O–H groups in total. The van der Waals surface area contributed by atoms with Crippen LogP contribution < -0.4 is 11.3 Å². The lowest BCUT2D eigenvalue weighted by Gasteiger charge is -2.02. The summed E-state index contributed by atoms with van der Waals surface area (Å²) >= 11 is 0. The Balaban J connectivity index is 2.15. The highest BCUT2D eigenvalue weighted by Crippen LogP contribution is 2.10. The van der Waals surface area contributed by atoms with E-state index in [1.54, 1.807) is 19.9 Å². The first-order valence-corrected chi connectivity index (χ1v) is 5.70. The highest BCUT2D eigenvalue weighted by Gasteiger charge is 2.14. The number of aromatic nitrogens is 5. The molecule has 0 saturated heterocycles. The number of anilines is 1. The molecule has 0 spiro atoms. The third-order valence-electron chi connectivity index (χ3n) is 2.85. The quantitative estimate of drug-likeness (QED) is 0.679. The third-order valence-corrected chi connectivity index (χ3v) is 2.85. The van der Waals surface area contributed by atoms with Crippen molar-refractivity contribution in [2.75, 3.05) is 5.73 Å². The zero-order valence-electron chi connectivity index (χ0n) is 10.5. The van der Waals surface area contributed by atoms with Gasteiger partial charge in [-0.1, -0.05) is 5.16 Å². The van der Waals surface area contributed by atoms with Gasteiger partial charge in [0.2, 0.25) is 5.95 Å². The highest BCUT2D eigenvalue weighted by atomic mass is 16.5. The Labute approximate surface area is 107 Å². The fourth-order valence-electron chi connectivity index (χ4n) is 1.96. The number of aryl methyl sites for hydroxylation is 2. The van der Waals surface area contributed by atoms with E-state index in [0.29, 0.717) is 29.1 Å². The molecule has 0 aromatic carbocycles. The monoisotopic (exact) mass is 260 g/mol. The molecule has 0 atom stereocenters. The van der Waals surface area contributed by atoms with Crippen LogP contribution in [-0.4, -0.2) is 24.7 Å². The number of nitrogen functional groups attached to an aromatic ring is 1. The summed E-state index contributed by atoms with van der Waals surface area (Å²) in [6, 6.07) is 1.79. The van der Waals surface area contributed by atoms with Crippen molar-refractivity contribution in [3.8, 4) is 0 Å². The van der Waals surface area contributed by atoms with Crippen molar-refractivity contribution in [3.05, 3.63) is 39.1 Å². The summed E-state index contributed by atoms with van der Waals surface area (Å²) in [5.74, 6) is 1.12. The maximum absolute atomic E-state index is 12.3. The summed E-state index contributed by atoms with van der Waals surface area (Å²) in [5.41, 5.74) is 7.12. The fourth-order valence-corrected chi connectivity index (χ4v) is 1.96. The molecule has 8 heteroatoms. The number of nitrogens with two attached hydrogens (primary N) is 1. The second-order valence-corrected chi connectivity index (χ2v) is 4.33. The van der Waals surface area contributed by atoms with Gasteiger partial charge >= 0.3 is 0 Å². The molecule has 0 aliphatic heterocycles. The summed E-state index contributed by atoms with van der Waals surface area (Å²) in [5, 5.41) is 6.53. The van der Waals surface area contributed by atoms with E-state index in [9.17, 15) is 4.79 Å². The minimum Gasteiger partial charge on any atom is -0.368 e. The van der Waals surface area contributed by atoms with Crippen LogP contribution in [-0.2, 0) is 6.42 Å². The summed E-state index contributed by atoms with van der Waals surface area (Å²) in [6.07, 6.45) is 0.358. The fraction of sp³-hybridized carbons (Fsp3) is 0.273. The van der Waals surface area contributed by atoms with Crippen LogP contribution in [0.4, 0.5) is 5.95 Å². The summed E-state index contributed by atoms with van der Waals surface area (Å²) < 4.78 is 6.22. The number of hydrogen-bond donors (Lipinski definition) is 2. The van der Waals surface area contributed by atoms with Gasteiger partial charge in [0.1, 0.15) is 5.76 Å². The molecule has 0 aliphatic rings. The molecule has 19 heavy (non-hydrogen) atoms. The van der Waals surface area contributed by atoms with Gasteiger partial charge in [-0.15, -0.1) is 0 Å². The van der Waals surface area contributed by atoms with Crippen LogP contribution in [0.1, 0.15) is 22.7 Å². The predicted molar refractivity (Wildman–Crippen MR) is 66.8 cm³/mol. The first kappa shape index (κ1) is 11.5. The molecular formula is C11H12N6O2. The van der Waals surface area contributed by atoms with Crippen LogP contribution in [0, 0.1) is 13.8 Å². The van der Waals surface area contributed by atoms with Crippen LogP contribution in [0.15, 0.2) is 15.4 Å². The average Bonchev–Trinajstić information content (AvgIpc) is 2.90. The van der Waals surface area contributed by atoms with E-state index < -0.39 is 0 Å². The number of fused-ring (bicyclic) bond motifs is 1. The van der Waals surface area contributed by atoms with Gasteiger partial charge in [0.15, 0.2) is 0 Å². The summed E-state index contributed by atoms with van der Waals surface area (Å²) in [7, 11) is 0.